The molecule has 0 aliphatic carbocycles. The van der Waals surface area contributed by atoms with Crippen LogP contribution >= 0.6 is 22.6 Å². The lowest BCUT2D eigenvalue weighted by atomic mass is 10.1. The summed E-state index contributed by atoms with van der Waals surface area (Å²) in [5.41, 5.74) is 0.846. The molecule has 12 heteroatoms. The van der Waals surface area contributed by atoms with Crippen molar-refractivity contribution in [3.05, 3.63) is 64.0 Å². The molecule has 0 saturated heterocycles. The molecule has 0 aliphatic rings. The number of carbonyl (C=O) groups is 1. The number of hydrogen-bond donors (Lipinski definition) is 1. The van der Waals surface area contributed by atoms with Crippen LogP contribution in [0.3, 0.4) is 0 Å². The third kappa shape index (κ3) is 4.92. The first-order valence-electron chi connectivity index (χ1n) is 10.2. The average Bonchev–Trinajstić information content (AvgIpc) is 3.43. The molecule has 1 amide bonds. The molecular formula is C22H21FIN5O4S. The normalized spacial score (nSPS) is 11.6. The number of nitrogens with one attached hydrogen (secondary N) is 1. The fourth-order valence-corrected chi connectivity index (χ4v) is 5.37. The minimum Gasteiger partial charge on any atom is -0.437 e. The van der Waals surface area contributed by atoms with Gasteiger partial charge in [-0.1, -0.05) is 0 Å². The molecule has 1 aromatic carbocycles. The van der Waals surface area contributed by atoms with Gasteiger partial charge in [0.1, 0.15) is 11.6 Å². The number of aryl methyl sites for hydroxylation is 1. The van der Waals surface area contributed by atoms with Crippen LogP contribution in [-0.4, -0.2) is 48.7 Å². The maximum atomic E-state index is 13.4. The predicted octanol–water partition coefficient (Wildman–Crippen LogP) is 3.65. The van der Waals surface area contributed by atoms with Gasteiger partial charge in [0.2, 0.25) is 15.7 Å². The van der Waals surface area contributed by atoms with E-state index in [0.717, 1.165) is 6.26 Å². The number of furan rings is 1. The Kier molecular flexibility index (Phi) is 6.89. The zero-order valence-electron chi connectivity index (χ0n) is 18.3. The zero-order valence-corrected chi connectivity index (χ0v) is 21.3. The summed E-state index contributed by atoms with van der Waals surface area (Å²) in [6.07, 6.45) is 6.78. The number of pyridine rings is 1. The topological polar surface area (TPSA) is 110 Å². The highest BCUT2D eigenvalue weighted by atomic mass is 127. The van der Waals surface area contributed by atoms with E-state index in [-0.39, 0.29) is 29.4 Å². The van der Waals surface area contributed by atoms with Gasteiger partial charge >= 0.3 is 0 Å². The van der Waals surface area contributed by atoms with Crippen LogP contribution in [0.15, 0.2) is 53.5 Å². The van der Waals surface area contributed by atoms with Crippen LogP contribution in [0.5, 0.6) is 0 Å². The Bertz CT molecular complexity index is 1440. The first-order chi connectivity index (χ1) is 16.2. The standard InChI is InChI=1S/C22H21FIN5O4S/c1-25-21(30)18-16-12-17(24)20(27-22(16)33-19(18)14-4-6-15(23)7-5-14)29(34(2,31)32)10-3-9-28-11-8-26-13-28/h4-8,11-13H,3,9-10H2,1-2H3,(H,25,30). The van der Waals surface area contributed by atoms with E-state index in [9.17, 15) is 17.6 Å². The van der Waals surface area contributed by atoms with Crippen LogP contribution < -0.4 is 9.62 Å². The number of carbonyl (C=O) groups excluding carboxylic acids is 1. The number of sulfonamides is 1. The second-order valence-electron chi connectivity index (χ2n) is 7.53. The molecule has 0 bridgehead atoms. The Hall–Kier alpha value is -3.00. The van der Waals surface area contributed by atoms with Crippen molar-refractivity contribution in [2.24, 2.45) is 0 Å². The third-order valence-electron chi connectivity index (χ3n) is 5.15. The Morgan fingerprint density at radius 3 is 2.65 bits per heavy atom. The Morgan fingerprint density at radius 1 is 1.29 bits per heavy atom. The molecule has 0 fully saturated rings. The van der Waals surface area contributed by atoms with Gasteiger partial charge < -0.3 is 14.3 Å². The van der Waals surface area contributed by atoms with E-state index >= 15 is 0 Å². The van der Waals surface area contributed by atoms with Crippen LogP contribution in [0.4, 0.5) is 10.2 Å². The number of anilines is 1. The zero-order chi connectivity index (χ0) is 24.5. The number of fused-ring (bicyclic) bond motifs is 1. The lowest BCUT2D eigenvalue weighted by Gasteiger charge is -2.22. The van der Waals surface area contributed by atoms with Crippen molar-refractivity contribution in [2.75, 3.05) is 24.2 Å². The maximum absolute atomic E-state index is 13.4. The molecule has 4 rings (SSSR count). The first-order valence-corrected chi connectivity index (χ1v) is 13.2. The van der Waals surface area contributed by atoms with Crippen LogP contribution in [0.2, 0.25) is 0 Å². The number of nitrogens with zero attached hydrogens (tertiary/aromatic N) is 4. The molecule has 0 aliphatic heterocycles. The molecule has 9 nitrogen and oxygen atoms in total. The summed E-state index contributed by atoms with van der Waals surface area (Å²) in [6.45, 7) is 0.778. The third-order valence-corrected chi connectivity index (χ3v) is 7.10. The summed E-state index contributed by atoms with van der Waals surface area (Å²) in [7, 11) is -2.16. The van der Waals surface area contributed by atoms with Gasteiger partial charge in [-0.25, -0.2) is 17.8 Å². The minimum atomic E-state index is -3.65. The van der Waals surface area contributed by atoms with Gasteiger partial charge in [0.05, 0.1) is 27.1 Å². The van der Waals surface area contributed by atoms with Gasteiger partial charge in [-0.2, -0.15) is 4.98 Å². The maximum Gasteiger partial charge on any atom is 0.255 e. The van der Waals surface area contributed by atoms with Crippen LogP contribution in [-0.2, 0) is 16.6 Å². The van der Waals surface area contributed by atoms with E-state index < -0.39 is 21.7 Å². The molecule has 0 spiro atoms. The van der Waals surface area contributed by atoms with Gasteiger partial charge in [-0.3, -0.25) is 9.10 Å². The van der Waals surface area contributed by atoms with Crippen molar-refractivity contribution in [3.63, 3.8) is 0 Å². The van der Waals surface area contributed by atoms with E-state index in [0.29, 0.717) is 27.5 Å². The molecular weight excluding hydrogens is 576 g/mol. The second kappa shape index (κ2) is 9.70. The van der Waals surface area contributed by atoms with Crippen molar-refractivity contribution in [3.8, 4) is 11.3 Å². The number of benzene rings is 1. The van der Waals surface area contributed by atoms with Gasteiger partial charge in [0.15, 0.2) is 5.82 Å². The smallest absolute Gasteiger partial charge is 0.255 e. The number of rotatable bonds is 8. The van der Waals surface area contributed by atoms with Gasteiger partial charge in [-0.05, 0) is 59.3 Å². The number of aromatic nitrogens is 3. The predicted molar refractivity (Wildman–Crippen MR) is 135 cm³/mol. The SMILES string of the molecule is CNC(=O)c1c(-c2ccc(F)cc2)oc2nc(N(CCCn3ccnc3)S(C)(=O)=O)c(I)cc12. The molecule has 0 unspecified atom stereocenters. The summed E-state index contributed by atoms with van der Waals surface area (Å²) < 4.78 is 48.3. The highest BCUT2D eigenvalue weighted by molar-refractivity contribution is 14.1. The highest BCUT2D eigenvalue weighted by Gasteiger charge is 2.27. The van der Waals surface area contributed by atoms with Crippen LogP contribution in [0, 0.1) is 9.39 Å². The molecule has 3 aromatic heterocycles. The Labute approximate surface area is 209 Å². The largest absolute Gasteiger partial charge is 0.437 e. The quantitative estimate of drug-likeness (QED) is 0.311. The van der Waals surface area contributed by atoms with Crippen molar-refractivity contribution >= 4 is 55.4 Å². The van der Waals surface area contributed by atoms with Crippen LogP contribution in [0.1, 0.15) is 16.8 Å². The minimum absolute atomic E-state index is 0.108. The van der Waals surface area contributed by atoms with Crippen molar-refractivity contribution in [1.82, 2.24) is 19.9 Å². The van der Waals surface area contributed by atoms with Gasteiger partial charge in [0, 0.05) is 38.1 Å². The molecule has 4 aromatic rings. The second-order valence-corrected chi connectivity index (χ2v) is 10.6. The summed E-state index contributed by atoms with van der Waals surface area (Å²) in [5.74, 6) is -0.385. The average molecular weight is 597 g/mol. The number of hydrogen-bond acceptors (Lipinski definition) is 6. The van der Waals surface area contributed by atoms with E-state index in [2.05, 4.69) is 15.3 Å². The highest BCUT2D eigenvalue weighted by Crippen LogP contribution is 2.36. The molecule has 3 heterocycles. The number of imidazole rings is 1. The molecule has 0 atom stereocenters. The van der Waals surface area contributed by atoms with E-state index in [1.165, 1.54) is 35.6 Å². The summed E-state index contributed by atoms with van der Waals surface area (Å²) in [5, 5.41) is 3.02. The van der Waals surface area contributed by atoms with Crippen molar-refractivity contribution in [1.29, 1.82) is 0 Å². The first kappa shape index (κ1) is 24.1. The summed E-state index contributed by atoms with van der Waals surface area (Å²) in [6, 6.07) is 7.22. The summed E-state index contributed by atoms with van der Waals surface area (Å²) in [4.78, 5) is 21.2. The van der Waals surface area contributed by atoms with Crippen LogP contribution in [0.25, 0.3) is 22.4 Å². The Morgan fingerprint density at radius 2 is 2.03 bits per heavy atom. The number of halogens is 2. The van der Waals surface area contributed by atoms with Gasteiger partial charge in [-0.15, -0.1) is 0 Å². The lowest BCUT2D eigenvalue weighted by Crippen LogP contribution is -2.33. The molecule has 34 heavy (non-hydrogen) atoms. The molecule has 178 valence electrons. The molecule has 0 saturated carbocycles. The summed E-state index contributed by atoms with van der Waals surface area (Å²) >= 11 is 2.00. The fourth-order valence-electron chi connectivity index (χ4n) is 3.56. The monoisotopic (exact) mass is 597 g/mol. The fraction of sp³-hybridized carbons (Fsp3) is 0.227. The van der Waals surface area contributed by atoms with E-state index in [1.54, 1.807) is 24.8 Å². The lowest BCUT2D eigenvalue weighted by molar-refractivity contribution is 0.0964. The van der Waals surface area contributed by atoms with E-state index in [4.69, 9.17) is 4.42 Å². The van der Waals surface area contributed by atoms with E-state index in [1.807, 2.05) is 27.2 Å². The molecule has 0 radical (unpaired) electrons. The van der Waals surface area contributed by atoms with Crippen molar-refractivity contribution in [2.45, 2.75) is 13.0 Å². The Balaban J connectivity index is 1.79. The van der Waals surface area contributed by atoms with Crippen molar-refractivity contribution < 1.29 is 22.0 Å². The van der Waals surface area contributed by atoms with Gasteiger partial charge in [0.25, 0.3) is 5.91 Å². The molecule has 1 N–H and O–H groups in total. The number of amides is 1.